The second-order valence-corrected chi connectivity index (χ2v) is 5.73. The Morgan fingerprint density at radius 1 is 0.773 bits per heavy atom. The van der Waals surface area contributed by atoms with Crippen LogP contribution < -0.4 is 0 Å². The Hall–Kier alpha value is -1.45. The van der Waals surface area contributed by atoms with Crippen molar-refractivity contribution in [3.8, 4) is 0 Å². The van der Waals surface area contributed by atoms with Crippen molar-refractivity contribution in [2.45, 2.75) is 84.0 Å². The van der Waals surface area contributed by atoms with Crippen molar-refractivity contribution < 1.29 is 19.5 Å². The Bertz CT molecular complexity index is 358. The van der Waals surface area contributed by atoms with Gasteiger partial charge in [-0.15, -0.1) is 0 Å². The minimum Gasteiger partial charge on any atom is -0.478 e. The van der Waals surface area contributed by atoms with Gasteiger partial charge in [0, 0.05) is 31.8 Å². The van der Waals surface area contributed by atoms with Crippen LogP contribution in [0.1, 0.15) is 84.0 Å². The maximum Gasteiger partial charge on any atom is 0.327 e. The van der Waals surface area contributed by atoms with Gasteiger partial charge in [0.05, 0.1) is 0 Å². The molecule has 0 aromatic carbocycles. The molecule has 22 heavy (non-hydrogen) atoms. The molecule has 0 aliphatic rings. The van der Waals surface area contributed by atoms with E-state index in [1.165, 1.54) is 12.8 Å². The number of unbranched alkanes of at least 4 members (excludes halogenated alkanes) is 6. The first-order chi connectivity index (χ1) is 10.6. The highest BCUT2D eigenvalue weighted by atomic mass is 16.4. The number of hydrogen-bond acceptors (Lipinski definition) is 3. The van der Waals surface area contributed by atoms with E-state index in [2.05, 4.69) is 6.92 Å². The molecule has 0 aliphatic carbocycles. The summed E-state index contributed by atoms with van der Waals surface area (Å²) >= 11 is 0. The van der Waals surface area contributed by atoms with Crippen LogP contribution in [0.5, 0.6) is 0 Å². The highest BCUT2D eigenvalue weighted by molar-refractivity contribution is 5.85. The molecule has 0 amide bonds. The summed E-state index contributed by atoms with van der Waals surface area (Å²) in [5, 5.41) is 8.41. The fourth-order valence-corrected chi connectivity index (χ4v) is 2.22. The van der Waals surface area contributed by atoms with E-state index < -0.39 is 5.97 Å². The minimum atomic E-state index is -0.922. The van der Waals surface area contributed by atoms with Crippen LogP contribution in [0.15, 0.2) is 12.2 Å². The molecule has 0 bridgehead atoms. The van der Waals surface area contributed by atoms with Gasteiger partial charge in [0.15, 0.2) is 0 Å². The molecule has 0 spiro atoms. The first-order valence-electron chi connectivity index (χ1n) is 8.49. The number of ketones is 2. The molecule has 0 saturated heterocycles. The van der Waals surface area contributed by atoms with Gasteiger partial charge in [0.1, 0.15) is 11.6 Å². The van der Waals surface area contributed by atoms with Gasteiger partial charge in [0.25, 0.3) is 0 Å². The first kappa shape index (κ1) is 20.6. The predicted octanol–water partition coefficient (Wildman–Crippen LogP) is 4.47. The van der Waals surface area contributed by atoms with Crippen molar-refractivity contribution >= 4 is 17.5 Å². The van der Waals surface area contributed by atoms with Gasteiger partial charge >= 0.3 is 5.97 Å². The van der Waals surface area contributed by atoms with Crippen molar-refractivity contribution in [1.82, 2.24) is 0 Å². The zero-order valence-electron chi connectivity index (χ0n) is 13.8. The molecule has 0 saturated carbocycles. The molecule has 0 aromatic heterocycles. The number of carbonyl (C=O) groups is 3. The number of carboxylic acids is 1. The predicted molar refractivity (Wildman–Crippen MR) is 87.9 cm³/mol. The molecule has 0 heterocycles. The summed E-state index contributed by atoms with van der Waals surface area (Å²) in [6.45, 7) is 2.14. The molecule has 0 atom stereocenters. The Morgan fingerprint density at radius 2 is 1.32 bits per heavy atom. The summed E-state index contributed by atoms with van der Waals surface area (Å²) in [6.07, 6.45) is 12.5. The van der Waals surface area contributed by atoms with E-state index >= 15 is 0 Å². The van der Waals surface area contributed by atoms with Gasteiger partial charge in [-0.3, -0.25) is 9.59 Å². The third-order valence-electron chi connectivity index (χ3n) is 3.58. The van der Waals surface area contributed by atoms with Crippen molar-refractivity contribution in [3.05, 3.63) is 12.2 Å². The summed E-state index contributed by atoms with van der Waals surface area (Å²) in [5.74, 6) is -0.541. The van der Waals surface area contributed by atoms with Crippen molar-refractivity contribution in [1.29, 1.82) is 0 Å². The highest BCUT2D eigenvalue weighted by Gasteiger charge is 2.07. The second kappa shape index (κ2) is 14.5. The zero-order valence-corrected chi connectivity index (χ0v) is 13.8. The Kier molecular flexibility index (Phi) is 13.5. The summed E-state index contributed by atoms with van der Waals surface area (Å²) in [5.41, 5.74) is 0. The van der Waals surface area contributed by atoms with Crippen LogP contribution >= 0.6 is 0 Å². The molecule has 4 heteroatoms. The molecule has 0 radical (unpaired) electrons. The molecule has 1 N–H and O–H groups in total. The number of rotatable bonds is 15. The van der Waals surface area contributed by atoms with E-state index in [1.807, 2.05) is 0 Å². The van der Waals surface area contributed by atoms with Crippen LogP contribution in [-0.4, -0.2) is 22.6 Å². The number of carbonyl (C=O) groups excluding carboxylic acids is 2. The number of allylic oxidation sites excluding steroid dienone is 1. The van der Waals surface area contributed by atoms with Gasteiger partial charge in [-0.25, -0.2) is 4.79 Å². The summed E-state index contributed by atoms with van der Waals surface area (Å²) in [6, 6.07) is 0. The lowest BCUT2D eigenvalue weighted by Gasteiger charge is -2.02. The van der Waals surface area contributed by atoms with Crippen LogP contribution in [0, 0.1) is 0 Å². The van der Waals surface area contributed by atoms with Crippen molar-refractivity contribution in [2.24, 2.45) is 0 Å². The van der Waals surface area contributed by atoms with Crippen LogP contribution in [0.4, 0.5) is 0 Å². The number of Topliss-reactive ketones (excluding diaryl/α,β-unsaturated/α-hetero) is 2. The van der Waals surface area contributed by atoms with E-state index in [0.29, 0.717) is 25.7 Å². The summed E-state index contributed by atoms with van der Waals surface area (Å²) in [7, 11) is 0. The summed E-state index contributed by atoms with van der Waals surface area (Å²) in [4.78, 5) is 33.5. The minimum absolute atomic E-state index is 0.169. The van der Waals surface area contributed by atoms with E-state index in [0.717, 1.165) is 44.6 Å². The largest absolute Gasteiger partial charge is 0.478 e. The van der Waals surface area contributed by atoms with Crippen LogP contribution in [0.3, 0.4) is 0 Å². The van der Waals surface area contributed by atoms with Crippen LogP contribution in [-0.2, 0) is 14.4 Å². The van der Waals surface area contributed by atoms with E-state index in [1.54, 1.807) is 6.08 Å². The molecular formula is C18H30O4. The van der Waals surface area contributed by atoms with E-state index in [9.17, 15) is 14.4 Å². The molecule has 126 valence electrons. The van der Waals surface area contributed by atoms with Crippen LogP contribution in [0.2, 0.25) is 0 Å². The van der Waals surface area contributed by atoms with Gasteiger partial charge in [-0.05, 0) is 25.7 Å². The fraction of sp³-hybridized carbons (Fsp3) is 0.722. The molecule has 0 aromatic rings. The number of carboxylic acid groups (broad SMARTS) is 1. The fourth-order valence-electron chi connectivity index (χ4n) is 2.22. The molecule has 4 nitrogen and oxygen atoms in total. The molecular weight excluding hydrogens is 280 g/mol. The quantitative estimate of drug-likeness (QED) is 0.358. The number of aliphatic carboxylic acids is 1. The Morgan fingerprint density at radius 3 is 1.82 bits per heavy atom. The maximum absolute atomic E-state index is 11.7. The maximum atomic E-state index is 11.7. The van der Waals surface area contributed by atoms with Crippen LogP contribution in [0.25, 0.3) is 0 Å². The normalized spacial score (nSPS) is 11.0. The lowest BCUT2D eigenvalue weighted by atomic mass is 10.0. The average molecular weight is 310 g/mol. The molecule has 0 rings (SSSR count). The smallest absolute Gasteiger partial charge is 0.327 e. The monoisotopic (exact) mass is 310 g/mol. The second-order valence-electron chi connectivity index (χ2n) is 5.73. The highest BCUT2D eigenvalue weighted by Crippen LogP contribution is 2.09. The van der Waals surface area contributed by atoms with Gasteiger partial charge in [-0.1, -0.05) is 38.7 Å². The standard InChI is InChI=1S/C18H30O4/c1-2-3-4-8-11-16(19)14-15-17(20)12-9-6-5-7-10-13-18(21)22/h10,13H,2-9,11-12,14-15H2,1H3,(H,21,22). The molecule has 0 aliphatic heterocycles. The third-order valence-corrected chi connectivity index (χ3v) is 3.58. The lowest BCUT2D eigenvalue weighted by molar-refractivity contribution is -0.131. The summed E-state index contributed by atoms with van der Waals surface area (Å²) < 4.78 is 0. The third kappa shape index (κ3) is 14.9. The van der Waals surface area contributed by atoms with Crippen molar-refractivity contribution in [2.75, 3.05) is 0 Å². The first-order valence-corrected chi connectivity index (χ1v) is 8.49. The Labute approximate surface area is 134 Å². The van der Waals surface area contributed by atoms with Gasteiger partial charge < -0.3 is 5.11 Å². The van der Waals surface area contributed by atoms with E-state index in [-0.39, 0.29) is 11.6 Å². The molecule has 0 fully saturated rings. The SMILES string of the molecule is CCCCCCC(=O)CCC(=O)CCCCCC=CC(=O)O. The Balaban J connectivity index is 3.46. The van der Waals surface area contributed by atoms with Gasteiger partial charge in [0.2, 0.25) is 0 Å². The molecule has 0 unspecified atom stereocenters. The lowest BCUT2D eigenvalue weighted by Crippen LogP contribution is -2.04. The van der Waals surface area contributed by atoms with Crippen molar-refractivity contribution in [3.63, 3.8) is 0 Å². The average Bonchev–Trinajstić information content (AvgIpc) is 2.48. The van der Waals surface area contributed by atoms with Gasteiger partial charge in [-0.2, -0.15) is 0 Å². The topological polar surface area (TPSA) is 71.4 Å². The zero-order chi connectivity index (χ0) is 16.6. The number of hydrogen-bond donors (Lipinski definition) is 1. The van der Waals surface area contributed by atoms with E-state index in [4.69, 9.17) is 5.11 Å².